The first-order chi connectivity index (χ1) is 12.3. The summed E-state index contributed by atoms with van der Waals surface area (Å²) >= 11 is 1.64. The number of allylic oxidation sites excluding steroid dienone is 4. The van der Waals surface area contributed by atoms with Gasteiger partial charge in [0.15, 0.2) is 0 Å². The smallest absolute Gasteiger partial charge is 0.223 e. The maximum Gasteiger partial charge on any atom is 0.223 e. The van der Waals surface area contributed by atoms with E-state index in [1.807, 2.05) is 5.51 Å². The van der Waals surface area contributed by atoms with Crippen LogP contribution in [0.25, 0.3) is 0 Å². The lowest BCUT2D eigenvalue weighted by Gasteiger charge is -2.29. The number of nitrogens with zero attached hydrogens (tertiary/aromatic N) is 4. The van der Waals surface area contributed by atoms with E-state index >= 15 is 0 Å². The molecule has 3 aliphatic rings. The third kappa shape index (κ3) is 3.89. The van der Waals surface area contributed by atoms with Crippen molar-refractivity contribution in [1.29, 1.82) is 0 Å². The van der Waals surface area contributed by atoms with Crippen LogP contribution in [0.2, 0.25) is 0 Å². The van der Waals surface area contributed by atoms with Gasteiger partial charge in [-0.05, 0) is 18.4 Å². The van der Waals surface area contributed by atoms with E-state index in [0.29, 0.717) is 6.04 Å². The molecule has 0 bridgehead atoms. The highest BCUT2D eigenvalue weighted by atomic mass is 32.1. The zero-order valence-corrected chi connectivity index (χ0v) is 15.1. The Morgan fingerprint density at radius 1 is 1.36 bits per heavy atom. The lowest BCUT2D eigenvalue weighted by atomic mass is 9.98. The van der Waals surface area contributed by atoms with Gasteiger partial charge in [0.25, 0.3) is 0 Å². The molecule has 132 valence electrons. The highest BCUT2D eigenvalue weighted by Gasteiger charge is 2.25. The molecule has 0 aromatic carbocycles. The van der Waals surface area contributed by atoms with Crippen molar-refractivity contribution < 1.29 is 0 Å². The van der Waals surface area contributed by atoms with Gasteiger partial charge in [0.05, 0.1) is 28.7 Å². The van der Waals surface area contributed by atoms with Crippen molar-refractivity contribution in [3.8, 4) is 0 Å². The van der Waals surface area contributed by atoms with Crippen LogP contribution < -0.4 is 11.1 Å². The van der Waals surface area contributed by atoms with Crippen molar-refractivity contribution in [2.75, 3.05) is 26.2 Å². The number of rotatable bonds is 5. The summed E-state index contributed by atoms with van der Waals surface area (Å²) in [5.41, 5.74) is 12.1. The van der Waals surface area contributed by atoms with E-state index in [1.165, 1.54) is 5.57 Å². The van der Waals surface area contributed by atoms with E-state index < -0.39 is 0 Å². The summed E-state index contributed by atoms with van der Waals surface area (Å²) in [4.78, 5) is 16.4. The molecule has 0 saturated carbocycles. The Balaban J connectivity index is 1.44. The first kappa shape index (κ1) is 16.6. The van der Waals surface area contributed by atoms with Gasteiger partial charge in [-0.2, -0.15) is 0 Å². The lowest BCUT2D eigenvalue weighted by molar-refractivity contribution is 0.219. The average Bonchev–Trinajstić information content (AvgIpc) is 3.27. The molecule has 1 aromatic rings. The van der Waals surface area contributed by atoms with Gasteiger partial charge in [0.1, 0.15) is 0 Å². The van der Waals surface area contributed by atoms with E-state index in [9.17, 15) is 0 Å². The summed E-state index contributed by atoms with van der Waals surface area (Å²) in [6, 6.07) is 0.358. The summed E-state index contributed by atoms with van der Waals surface area (Å²) in [7, 11) is 0. The molecule has 0 amide bonds. The molecule has 1 saturated heterocycles. The zero-order chi connectivity index (χ0) is 17.1. The topological polar surface area (TPSA) is 78.9 Å². The number of aliphatic imine (C=N–C) groups is 2. The van der Waals surface area contributed by atoms with E-state index in [1.54, 1.807) is 11.3 Å². The van der Waals surface area contributed by atoms with Gasteiger partial charge < -0.3 is 16.0 Å². The van der Waals surface area contributed by atoms with Gasteiger partial charge >= 0.3 is 0 Å². The van der Waals surface area contributed by atoms with Crippen LogP contribution >= 0.6 is 11.3 Å². The van der Waals surface area contributed by atoms with Crippen molar-refractivity contribution in [2.24, 2.45) is 15.7 Å². The second kappa shape index (κ2) is 7.59. The predicted octanol–water partition coefficient (Wildman–Crippen LogP) is 1.72. The summed E-state index contributed by atoms with van der Waals surface area (Å²) in [6.45, 7) is 3.88. The van der Waals surface area contributed by atoms with Crippen LogP contribution in [0.15, 0.2) is 44.3 Å². The maximum atomic E-state index is 5.64. The number of thiazole rings is 1. The Labute approximate surface area is 152 Å². The summed E-state index contributed by atoms with van der Waals surface area (Å²) in [5.74, 6) is 0.779. The Morgan fingerprint density at radius 3 is 3.00 bits per heavy atom. The maximum absolute atomic E-state index is 5.64. The van der Waals surface area contributed by atoms with Gasteiger partial charge in [-0.15, -0.1) is 11.3 Å². The van der Waals surface area contributed by atoms with Crippen molar-refractivity contribution in [3.63, 3.8) is 0 Å². The molecule has 3 heterocycles. The molecule has 6 nitrogen and oxygen atoms in total. The van der Waals surface area contributed by atoms with Crippen LogP contribution in [0.5, 0.6) is 0 Å². The number of nitrogens with two attached hydrogens (primary N) is 1. The highest BCUT2D eigenvalue weighted by Crippen LogP contribution is 2.23. The van der Waals surface area contributed by atoms with Crippen molar-refractivity contribution >= 4 is 23.0 Å². The van der Waals surface area contributed by atoms with Gasteiger partial charge in [0.2, 0.25) is 5.96 Å². The fourth-order valence-electron chi connectivity index (χ4n) is 3.56. The van der Waals surface area contributed by atoms with Crippen LogP contribution in [0, 0.1) is 0 Å². The molecular formula is C18H24N6S. The van der Waals surface area contributed by atoms with Crippen LogP contribution in [0.4, 0.5) is 0 Å². The first-order valence-corrected chi connectivity index (χ1v) is 9.88. The third-order valence-corrected chi connectivity index (χ3v) is 5.52. The van der Waals surface area contributed by atoms with E-state index in [0.717, 1.165) is 74.9 Å². The molecule has 0 radical (unpaired) electrons. The Kier molecular flexibility index (Phi) is 5.05. The fraction of sp³-hybridized carbons (Fsp3) is 0.500. The molecule has 1 aliphatic carbocycles. The minimum Gasteiger partial charge on any atom is -0.329 e. The number of piperidine rings is 1. The number of hydrogen-bond donors (Lipinski definition) is 2. The minimum atomic E-state index is 0.358. The number of hydrogen-bond acceptors (Lipinski definition) is 5. The Morgan fingerprint density at radius 2 is 2.24 bits per heavy atom. The Hall–Kier alpha value is -1.83. The summed E-state index contributed by atoms with van der Waals surface area (Å²) < 4.78 is 0. The largest absolute Gasteiger partial charge is 0.329 e. The van der Waals surface area contributed by atoms with Gasteiger partial charge in [-0.3, -0.25) is 0 Å². The van der Waals surface area contributed by atoms with Gasteiger partial charge in [0, 0.05) is 44.4 Å². The number of guanidine groups is 1. The standard InChI is InChI=1S/C18H24N6S/c19-6-9-24-7-4-14(5-8-24)21-18-22-16-3-1-2-13(17(16)23-18)10-15-11-25-12-20-15/h1-2,11-12,14H,3-10,19H2,(H,21,23). The molecule has 4 rings (SSSR count). The SMILES string of the molecule is NCCN1CCC(N=C2N=C3CC=CC(Cc4cscn4)=C3N2)CC1. The number of fused-ring (bicyclic) bond motifs is 1. The highest BCUT2D eigenvalue weighted by molar-refractivity contribution is 7.07. The molecule has 25 heavy (non-hydrogen) atoms. The second-order valence-corrected chi connectivity index (χ2v) is 7.38. The molecule has 1 aromatic heterocycles. The monoisotopic (exact) mass is 356 g/mol. The molecule has 2 aliphatic heterocycles. The summed E-state index contributed by atoms with van der Waals surface area (Å²) in [5, 5.41) is 5.56. The van der Waals surface area contributed by atoms with Crippen molar-refractivity contribution in [1.82, 2.24) is 15.2 Å². The van der Waals surface area contributed by atoms with Crippen molar-refractivity contribution in [2.45, 2.75) is 31.7 Å². The van der Waals surface area contributed by atoms with Crippen LogP contribution in [0.1, 0.15) is 25.0 Å². The normalized spacial score (nSPS) is 23.1. The summed E-state index contributed by atoms with van der Waals surface area (Å²) in [6.07, 6.45) is 8.25. The molecule has 0 spiro atoms. The van der Waals surface area contributed by atoms with E-state index in [-0.39, 0.29) is 0 Å². The molecule has 1 fully saturated rings. The van der Waals surface area contributed by atoms with Gasteiger partial charge in [-0.25, -0.2) is 15.0 Å². The molecule has 7 heteroatoms. The van der Waals surface area contributed by atoms with E-state index in [2.05, 4.69) is 32.7 Å². The van der Waals surface area contributed by atoms with Crippen LogP contribution in [0.3, 0.4) is 0 Å². The fourth-order valence-corrected chi connectivity index (χ4v) is 4.12. The first-order valence-electron chi connectivity index (χ1n) is 8.94. The molecular weight excluding hydrogens is 332 g/mol. The van der Waals surface area contributed by atoms with E-state index in [4.69, 9.17) is 15.7 Å². The van der Waals surface area contributed by atoms with Crippen LogP contribution in [-0.2, 0) is 6.42 Å². The molecule has 0 atom stereocenters. The van der Waals surface area contributed by atoms with Crippen LogP contribution in [-0.4, -0.2) is 53.8 Å². The minimum absolute atomic E-state index is 0.358. The number of aromatic nitrogens is 1. The zero-order valence-electron chi connectivity index (χ0n) is 14.3. The number of likely N-dealkylation sites (tertiary alicyclic amines) is 1. The average molecular weight is 356 g/mol. The number of nitrogens with one attached hydrogen (secondary N) is 1. The molecule has 3 N–H and O–H groups in total. The Bertz CT molecular complexity index is 723. The predicted molar refractivity (Wildman–Crippen MR) is 103 cm³/mol. The third-order valence-electron chi connectivity index (χ3n) is 4.88. The second-order valence-electron chi connectivity index (χ2n) is 6.66. The molecule has 0 unspecified atom stereocenters. The quantitative estimate of drug-likeness (QED) is 0.842. The van der Waals surface area contributed by atoms with Crippen molar-refractivity contribution in [3.05, 3.63) is 40.0 Å². The van der Waals surface area contributed by atoms with Gasteiger partial charge in [-0.1, -0.05) is 12.2 Å². The lowest BCUT2D eigenvalue weighted by Crippen LogP contribution is -2.38.